The summed E-state index contributed by atoms with van der Waals surface area (Å²) in [5.41, 5.74) is 22.0. The van der Waals surface area contributed by atoms with E-state index in [0.717, 1.165) is 21.9 Å². The van der Waals surface area contributed by atoms with Crippen LogP contribution in [0.5, 0.6) is 0 Å². The second-order valence-electron chi connectivity index (χ2n) is 18.8. The Morgan fingerprint density at radius 3 is 1.68 bits per heavy atom. The summed E-state index contributed by atoms with van der Waals surface area (Å²) in [5, 5.41) is 26.4. The predicted molar refractivity (Wildman–Crippen MR) is 286 cm³/mol. The molecule has 0 saturated carbocycles. The van der Waals surface area contributed by atoms with Crippen LogP contribution in [0.2, 0.25) is 0 Å². The molecule has 0 aliphatic rings. The number of pyridine rings is 2. The Balaban J connectivity index is 0.000000232. The summed E-state index contributed by atoms with van der Waals surface area (Å²) < 4.78 is 12.4. The lowest BCUT2D eigenvalue weighted by Gasteiger charge is -2.23. The highest BCUT2D eigenvalue weighted by molar-refractivity contribution is 5.98. The van der Waals surface area contributed by atoms with Crippen molar-refractivity contribution in [3.05, 3.63) is 157 Å². The number of aromatic amines is 1. The van der Waals surface area contributed by atoms with E-state index < -0.39 is 41.4 Å². The molecule has 0 bridgehead atoms. The lowest BCUT2D eigenvalue weighted by molar-refractivity contribution is -0.118. The number of carbonyl (C=O) groups excluding carboxylic acids is 4. The number of ether oxygens (including phenoxy) is 2. The average Bonchev–Trinajstić information content (AvgIpc) is 3.94. The number of para-hydroxylation sites is 2. The first-order chi connectivity index (χ1) is 35.3. The van der Waals surface area contributed by atoms with Crippen LogP contribution >= 0.6 is 0 Å². The fourth-order valence-corrected chi connectivity index (χ4v) is 7.27. The van der Waals surface area contributed by atoms with Gasteiger partial charge in [0, 0.05) is 35.1 Å². The van der Waals surface area contributed by atoms with Crippen LogP contribution < -0.4 is 33.2 Å². The van der Waals surface area contributed by atoms with Crippen molar-refractivity contribution in [2.45, 2.75) is 77.7 Å². The van der Waals surface area contributed by atoms with Gasteiger partial charge in [-0.3, -0.25) is 14.2 Å². The molecule has 20 heteroatoms. The number of carbonyl (C=O) groups is 4. The van der Waals surface area contributed by atoms with Gasteiger partial charge in [-0.15, -0.1) is 10.2 Å². The number of anilines is 4. The molecule has 8 aromatic rings. The predicted octanol–water partition coefficient (Wildman–Crippen LogP) is 11.0. The second-order valence-corrected chi connectivity index (χ2v) is 18.8. The van der Waals surface area contributed by atoms with E-state index in [1.807, 2.05) is 91.1 Å². The van der Waals surface area contributed by atoms with Gasteiger partial charge in [0.15, 0.2) is 11.6 Å². The summed E-state index contributed by atoms with van der Waals surface area (Å²) in [7, 11) is 0. The summed E-state index contributed by atoms with van der Waals surface area (Å²) >= 11 is 0. The monoisotopic (exact) mass is 998 g/mol. The Morgan fingerprint density at radius 1 is 0.608 bits per heavy atom. The molecule has 8 rings (SSSR count). The Hall–Kier alpha value is -9.30. The molecule has 3 amide bonds. The molecule has 0 spiro atoms. The van der Waals surface area contributed by atoms with Gasteiger partial charge >= 0.3 is 12.2 Å². The third kappa shape index (κ3) is 14.6. The Morgan fingerprint density at radius 2 is 1.12 bits per heavy atom. The van der Waals surface area contributed by atoms with Crippen LogP contribution in [0.1, 0.15) is 52.7 Å². The molecule has 10 N–H and O–H groups in total. The summed E-state index contributed by atoms with van der Waals surface area (Å²) in [4.78, 5) is 63.5. The molecule has 4 heterocycles. The highest BCUT2D eigenvalue weighted by Crippen LogP contribution is 2.28. The summed E-state index contributed by atoms with van der Waals surface area (Å²) in [6.07, 6.45) is 2.57. The van der Waals surface area contributed by atoms with Crippen molar-refractivity contribution in [1.82, 2.24) is 24.8 Å². The summed E-state index contributed by atoms with van der Waals surface area (Å²) in [5.74, 6) is -0.234. The summed E-state index contributed by atoms with van der Waals surface area (Å²) in [6, 6.07) is 38.1. The Bertz CT molecular complexity index is 3320. The molecule has 0 radical (unpaired) electrons. The maximum absolute atomic E-state index is 13.6. The van der Waals surface area contributed by atoms with Crippen molar-refractivity contribution in [3.8, 4) is 0 Å². The molecule has 4 aromatic carbocycles. The van der Waals surface area contributed by atoms with E-state index in [9.17, 15) is 19.2 Å². The van der Waals surface area contributed by atoms with Gasteiger partial charge in [0.2, 0.25) is 11.8 Å². The maximum atomic E-state index is 13.6. The van der Waals surface area contributed by atoms with E-state index in [1.165, 1.54) is 10.6 Å². The van der Waals surface area contributed by atoms with Gasteiger partial charge in [-0.25, -0.2) is 19.6 Å². The number of rotatable bonds is 13. The number of amides is 3. The fourth-order valence-electron chi connectivity index (χ4n) is 7.27. The first-order valence-electron chi connectivity index (χ1n) is 23.5. The van der Waals surface area contributed by atoms with E-state index in [0.29, 0.717) is 46.1 Å². The number of azo groups is 2. The molecular formula is C54H58N14O6. The van der Waals surface area contributed by atoms with Gasteiger partial charge in [0.25, 0.3) is 0 Å². The molecule has 0 saturated heterocycles. The van der Waals surface area contributed by atoms with E-state index >= 15 is 0 Å². The summed E-state index contributed by atoms with van der Waals surface area (Å²) in [6.45, 7) is 10.5. The zero-order valence-corrected chi connectivity index (χ0v) is 41.7. The number of hydrogen-bond acceptors (Lipinski definition) is 15. The van der Waals surface area contributed by atoms with Crippen molar-refractivity contribution in [2.24, 2.45) is 26.2 Å². The topological polar surface area (TPSA) is 297 Å². The largest absolute Gasteiger partial charge is 0.444 e. The third-order valence-corrected chi connectivity index (χ3v) is 10.6. The second kappa shape index (κ2) is 23.3. The first-order valence-corrected chi connectivity index (χ1v) is 23.5. The van der Waals surface area contributed by atoms with Crippen LogP contribution in [0.25, 0.3) is 21.8 Å². The highest BCUT2D eigenvalue weighted by Gasteiger charge is 2.28. The van der Waals surface area contributed by atoms with Crippen molar-refractivity contribution < 1.29 is 28.7 Å². The van der Waals surface area contributed by atoms with Gasteiger partial charge in [-0.05, 0) is 120 Å². The van der Waals surface area contributed by atoms with Crippen LogP contribution in [0.15, 0.2) is 166 Å². The minimum Gasteiger partial charge on any atom is -0.444 e. The van der Waals surface area contributed by atoms with Crippen molar-refractivity contribution in [3.63, 3.8) is 0 Å². The quantitative estimate of drug-likeness (QED) is 0.0533. The smallest absolute Gasteiger partial charge is 0.419 e. The number of fused-ring (bicyclic) bond motifs is 2. The number of alkyl carbamates (subject to hydrolysis) is 1. The van der Waals surface area contributed by atoms with Gasteiger partial charge in [-0.2, -0.15) is 10.2 Å². The van der Waals surface area contributed by atoms with Gasteiger partial charge in [0.05, 0.1) is 22.9 Å². The van der Waals surface area contributed by atoms with Crippen molar-refractivity contribution >= 4 is 91.8 Å². The van der Waals surface area contributed by atoms with Gasteiger partial charge in [0.1, 0.15) is 40.3 Å². The lowest BCUT2D eigenvalue weighted by atomic mass is 10.0. The molecule has 2 atom stereocenters. The van der Waals surface area contributed by atoms with Crippen LogP contribution in [0, 0.1) is 0 Å². The number of hydrogen-bond donors (Lipinski definition) is 7. The lowest BCUT2D eigenvalue weighted by Crippen LogP contribution is -2.47. The van der Waals surface area contributed by atoms with Crippen LogP contribution in [-0.4, -0.2) is 66.8 Å². The minimum absolute atomic E-state index is 0.0280. The fraction of sp³-hybridized carbons (Fsp3) is 0.222. The number of nitrogens with zero attached hydrogens (tertiary/aromatic N) is 7. The van der Waals surface area contributed by atoms with Crippen LogP contribution in [0.4, 0.5) is 55.6 Å². The number of aromatic nitrogens is 4. The molecule has 74 heavy (non-hydrogen) atoms. The SMILES string of the molecule is CC(C)(C)OC(=O)N[C@@H](Cc1cn(C(=O)OC(C)(C)C)c2ccccc12)C(=O)Nc1ccc(N=Nc2ccccc2)c(N)n1.Nc1nc(NC(=O)[C@@H](N)Cc2c[nH]c3ccccc23)ccc1N=Nc1ccccc1. The third-order valence-electron chi connectivity index (χ3n) is 10.6. The average molecular weight is 999 g/mol. The highest BCUT2D eigenvalue weighted by atomic mass is 16.6. The molecule has 0 aliphatic carbocycles. The van der Waals surface area contributed by atoms with E-state index in [4.69, 9.17) is 26.7 Å². The number of nitrogen functional groups attached to an aromatic ring is 2. The Kier molecular flexibility index (Phi) is 16.5. The van der Waals surface area contributed by atoms with Crippen molar-refractivity contribution in [2.75, 3.05) is 22.1 Å². The molecule has 0 unspecified atom stereocenters. The Labute approximate surface area is 426 Å². The van der Waals surface area contributed by atoms with Gasteiger partial charge < -0.3 is 47.6 Å². The number of H-pyrrole nitrogens is 1. The zero-order valence-electron chi connectivity index (χ0n) is 41.7. The zero-order chi connectivity index (χ0) is 53.0. The van der Waals surface area contributed by atoms with Gasteiger partial charge in [-0.1, -0.05) is 72.8 Å². The standard InChI is InChI=1S/C32H37N7O5.C22H21N7O/c1-31(2,3)43-29(41)34-24(18-20-19-39(30(42)44-32(4,5)6)25-15-11-10-14-22(20)25)28(40)36-26-17-16-23(27(33)35-26)38-37-21-12-8-7-9-13-21;23-17(12-14-13-25-18-9-5-4-8-16(14)18)22(30)27-20-11-10-19(21(24)26-20)29-28-15-6-2-1-3-7-15/h7-17,19,24H,18H2,1-6H3,(H,34,41)(H3,33,35,36,40);1-11,13,17,25H,12,23H2,(H3,24,26,27,30)/t24-;17-/m00/s1. The first kappa shape index (κ1) is 52.5. The van der Waals surface area contributed by atoms with Crippen LogP contribution in [0.3, 0.4) is 0 Å². The number of benzene rings is 4. The van der Waals surface area contributed by atoms with Crippen molar-refractivity contribution in [1.29, 1.82) is 0 Å². The number of nitrogens with two attached hydrogens (primary N) is 3. The molecule has 0 aliphatic heterocycles. The molecule has 0 fully saturated rings. The maximum Gasteiger partial charge on any atom is 0.419 e. The van der Waals surface area contributed by atoms with E-state index in [2.05, 4.69) is 51.4 Å². The molecular weight excluding hydrogens is 941 g/mol. The normalized spacial score (nSPS) is 12.5. The number of nitrogens with one attached hydrogen (secondary N) is 4. The molecule has 20 nitrogen and oxygen atoms in total. The van der Waals surface area contributed by atoms with E-state index in [-0.39, 0.29) is 29.8 Å². The minimum atomic E-state index is -1.11. The molecule has 380 valence electrons. The van der Waals surface area contributed by atoms with E-state index in [1.54, 1.807) is 90.2 Å². The molecule has 4 aromatic heterocycles. The van der Waals surface area contributed by atoms with Crippen LogP contribution in [-0.2, 0) is 31.9 Å².